The Balaban J connectivity index is 1.77. The van der Waals surface area contributed by atoms with Crippen LogP contribution in [-0.4, -0.2) is 42.1 Å². The van der Waals surface area contributed by atoms with Gasteiger partial charge in [-0.15, -0.1) is 0 Å². The summed E-state index contributed by atoms with van der Waals surface area (Å²) in [5, 5.41) is 1.35. The molecule has 2 heterocycles. The first-order valence-electron chi connectivity index (χ1n) is 7.78. The maximum Gasteiger partial charge on any atom is 0.302 e. The molecule has 1 unspecified atom stereocenters. The van der Waals surface area contributed by atoms with Crippen molar-refractivity contribution in [3.8, 4) is 0 Å². The molecule has 2 aromatic rings. The molecule has 0 amide bonds. The van der Waals surface area contributed by atoms with Crippen LogP contribution in [0.5, 0.6) is 0 Å². The van der Waals surface area contributed by atoms with E-state index in [2.05, 4.69) is 47.4 Å². The van der Waals surface area contributed by atoms with Gasteiger partial charge in [0.25, 0.3) is 0 Å². The zero-order valence-electron chi connectivity index (χ0n) is 12.9. The fraction of sp³-hybridized carbons (Fsp3) is 0.389. The number of fused-ring (bicyclic) bond motifs is 2. The number of aromatic nitrogens is 1. The van der Waals surface area contributed by atoms with Crippen LogP contribution in [0.15, 0.2) is 30.5 Å². The highest BCUT2D eigenvalue weighted by Crippen LogP contribution is 2.40. The lowest BCUT2D eigenvalue weighted by molar-refractivity contribution is -0.142. The molecule has 4 heteroatoms. The van der Waals surface area contributed by atoms with Gasteiger partial charge in [-0.1, -0.05) is 18.2 Å². The van der Waals surface area contributed by atoms with Gasteiger partial charge in [0.2, 0.25) is 0 Å². The van der Waals surface area contributed by atoms with Crippen molar-refractivity contribution >= 4 is 22.4 Å². The molecular weight excluding hydrogens is 276 g/mol. The predicted molar refractivity (Wildman–Crippen MR) is 86.5 cm³/mol. The van der Waals surface area contributed by atoms with E-state index in [1.165, 1.54) is 34.5 Å². The average Bonchev–Trinajstić information content (AvgIpc) is 2.91. The van der Waals surface area contributed by atoms with Crippen LogP contribution < -0.4 is 0 Å². The van der Waals surface area contributed by atoms with Gasteiger partial charge in [-0.25, -0.2) is 0 Å². The summed E-state index contributed by atoms with van der Waals surface area (Å²) in [7, 11) is 2.16. The second-order valence-corrected chi connectivity index (χ2v) is 6.39. The van der Waals surface area contributed by atoms with Crippen LogP contribution in [0.25, 0.3) is 16.5 Å². The fourth-order valence-corrected chi connectivity index (χ4v) is 3.88. The lowest BCUT2D eigenvalue weighted by atomic mass is 9.80. The van der Waals surface area contributed by atoms with Crippen molar-refractivity contribution in [2.45, 2.75) is 19.4 Å². The minimum atomic E-state index is -0.207. The highest BCUT2D eigenvalue weighted by atomic mass is 16.5. The van der Waals surface area contributed by atoms with E-state index < -0.39 is 0 Å². The van der Waals surface area contributed by atoms with Crippen molar-refractivity contribution in [2.24, 2.45) is 5.92 Å². The van der Waals surface area contributed by atoms with Crippen LogP contribution in [-0.2, 0) is 16.0 Å². The first-order chi connectivity index (χ1) is 10.6. The molecule has 0 saturated carbocycles. The van der Waals surface area contributed by atoms with E-state index in [9.17, 15) is 4.79 Å². The minimum absolute atomic E-state index is 0.207. The standard InChI is InChI=1S/C18H20N2O2/c1-11(21)22-10-12-6-15-14-4-3-5-16-18(14)13(8-19-16)7-17(15)20(2)9-12/h3-6,8,12,17,19H,7,9-10H2,1-2H3/t12?,17-/m1/s1. The minimum Gasteiger partial charge on any atom is -0.465 e. The van der Waals surface area contributed by atoms with Gasteiger partial charge in [-0.3, -0.25) is 9.69 Å². The Morgan fingerprint density at radius 1 is 1.45 bits per heavy atom. The maximum absolute atomic E-state index is 11.1. The topological polar surface area (TPSA) is 45.3 Å². The summed E-state index contributed by atoms with van der Waals surface area (Å²) >= 11 is 0. The summed E-state index contributed by atoms with van der Waals surface area (Å²) in [6.45, 7) is 2.86. The zero-order valence-corrected chi connectivity index (χ0v) is 12.9. The summed E-state index contributed by atoms with van der Waals surface area (Å²) in [6.07, 6.45) is 5.50. The van der Waals surface area contributed by atoms with E-state index in [-0.39, 0.29) is 11.9 Å². The van der Waals surface area contributed by atoms with E-state index in [0.717, 1.165) is 13.0 Å². The van der Waals surface area contributed by atoms with Gasteiger partial charge < -0.3 is 9.72 Å². The van der Waals surface area contributed by atoms with Gasteiger partial charge in [-0.05, 0) is 36.2 Å². The number of carbonyl (C=O) groups is 1. The van der Waals surface area contributed by atoms with E-state index in [0.29, 0.717) is 12.6 Å². The number of H-pyrrole nitrogens is 1. The highest BCUT2D eigenvalue weighted by Gasteiger charge is 2.33. The van der Waals surface area contributed by atoms with Crippen LogP contribution in [0, 0.1) is 5.92 Å². The Kier molecular flexibility index (Phi) is 3.08. The van der Waals surface area contributed by atoms with E-state index >= 15 is 0 Å². The highest BCUT2D eigenvalue weighted by molar-refractivity contribution is 5.98. The smallest absolute Gasteiger partial charge is 0.302 e. The second kappa shape index (κ2) is 4.99. The molecule has 1 aromatic carbocycles. The van der Waals surface area contributed by atoms with Crippen molar-refractivity contribution in [1.29, 1.82) is 0 Å². The maximum atomic E-state index is 11.1. The van der Waals surface area contributed by atoms with Gasteiger partial charge in [0.05, 0.1) is 6.61 Å². The molecule has 1 aliphatic heterocycles. The van der Waals surface area contributed by atoms with Crippen LogP contribution in [0.2, 0.25) is 0 Å². The third-order valence-corrected chi connectivity index (χ3v) is 4.84. The molecule has 0 fully saturated rings. The first-order valence-corrected chi connectivity index (χ1v) is 7.78. The number of rotatable bonds is 2. The lowest BCUT2D eigenvalue weighted by Gasteiger charge is -2.39. The molecule has 4 nitrogen and oxygen atoms in total. The molecule has 0 saturated heterocycles. The SMILES string of the molecule is CC(=O)OCC1C=C2c3cccc4[nH]cc(c34)C[C@H]2N(C)C1. The van der Waals surface area contributed by atoms with E-state index in [1.54, 1.807) is 0 Å². The van der Waals surface area contributed by atoms with Gasteiger partial charge in [0, 0.05) is 42.5 Å². The molecule has 0 bridgehead atoms. The summed E-state index contributed by atoms with van der Waals surface area (Å²) < 4.78 is 5.22. The monoisotopic (exact) mass is 296 g/mol. The van der Waals surface area contributed by atoms with Gasteiger partial charge in [0.15, 0.2) is 0 Å². The number of hydrogen-bond acceptors (Lipinski definition) is 3. The third-order valence-electron chi connectivity index (χ3n) is 4.84. The molecule has 22 heavy (non-hydrogen) atoms. The second-order valence-electron chi connectivity index (χ2n) is 6.39. The number of benzene rings is 1. The summed E-state index contributed by atoms with van der Waals surface area (Å²) in [6, 6.07) is 6.87. The average molecular weight is 296 g/mol. The lowest BCUT2D eigenvalue weighted by Crippen LogP contribution is -2.43. The van der Waals surface area contributed by atoms with Gasteiger partial charge in [-0.2, -0.15) is 0 Å². The number of hydrogen-bond donors (Lipinski definition) is 1. The van der Waals surface area contributed by atoms with Crippen molar-refractivity contribution < 1.29 is 9.53 Å². The Hall–Kier alpha value is -2.07. The molecule has 1 aromatic heterocycles. The van der Waals surface area contributed by atoms with Gasteiger partial charge >= 0.3 is 5.97 Å². The molecule has 1 aliphatic carbocycles. The Morgan fingerprint density at radius 3 is 3.14 bits per heavy atom. The molecular formula is C18H20N2O2. The van der Waals surface area contributed by atoms with Crippen molar-refractivity contribution in [1.82, 2.24) is 9.88 Å². The van der Waals surface area contributed by atoms with Crippen LogP contribution in [0.4, 0.5) is 0 Å². The van der Waals surface area contributed by atoms with Crippen molar-refractivity contribution in [3.05, 3.63) is 41.6 Å². The van der Waals surface area contributed by atoms with Crippen LogP contribution >= 0.6 is 0 Å². The Labute approximate surface area is 129 Å². The number of nitrogens with zero attached hydrogens (tertiary/aromatic N) is 1. The predicted octanol–water partition coefficient (Wildman–Crippen LogP) is 2.60. The molecule has 0 spiro atoms. The number of esters is 1. The van der Waals surface area contributed by atoms with E-state index in [4.69, 9.17) is 4.74 Å². The summed E-state index contributed by atoms with van der Waals surface area (Å²) in [5.41, 5.74) is 5.31. The number of nitrogens with one attached hydrogen (secondary N) is 1. The van der Waals surface area contributed by atoms with E-state index in [1.807, 2.05) is 0 Å². The molecule has 2 atom stereocenters. The molecule has 114 valence electrons. The normalized spacial score (nSPS) is 24.0. The summed E-state index contributed by atoms with van der Waals surface area (Å²) in [4.78, 5) is 16.8. The van der Waals surface area contributed by atoms with Crippen LogP contribution in [0.3, 0.4) is 0 Å². The Bertz CT molecular complexity index is 774. The van der Waals surface area contributed by atoms with Gasteiger partial charge in [0.1, 0.15) is 0 Å². The third kappa shape index (κ3) is 2.06. The number of carbonyl (C=O) groups excluding carboxylic acids is 1. The Morgan fingerprint density at radius 2 is 2.32 bits per heavy atom. The number of likely N-dealkylation sites (N-methyl/N-ethyl adjacent to an activating group) is 1. The largest absolute Gasteiger partial charge is 0.465 e. The fourth-order valence-electron chi connectivity index (χ4n) is 3.88. The number of aromatic amines is 1. The number of ether oxygens (including phenoxy) is 1. The van der Waals surface area contributed by atoms with Crippen molar-refractivity contribution in [2.75, 3.05) is 20.2 Å². The molecule has 2 aliphatic rings. The zero-order chi connectivity index (χ0) is 15.3. The molecule has 1 N–H and O–H groups in total. The first kappa shape index (κ1) is 13.6. The quantitative estimate of drug-likeness (QED) is 0.867. The van der Waals surface area contributed by atoms with Crippen LogP contribution in [0.1, 0.15) is 18.1 Å². The molecule has 0 radical (unpaired) electrons. The van der Waals surface area contributed by atoms with Crippen molar-refractivity contribution in [3.63, 3.8) is 0 Å². The molecule has 4 rings (SSSR count). The summed E-state index contributed by atoms with van der Waals surface area (Å²) in [5.74, 6) is 0.0535.